The lowest BCUT2D eigenvalue weighted by Gasteiger charge is -2.22. The largest absolute Gasteiger partial charge is 0.493 e. The van der Waals surface area contributed by atoms with Crippen LogP contribution in [-0.2, 0) is 111 Å². The van der Waals surface area contributed by atoms with Crippen molar-refractivity contribution in [1.29, 1.82) is 0 Å². The molecule has 3 rings (SSSR count). The Kier molecular flexibility index (Phi) is 54.5. The van der Waals surface area contributed by atoms with Gasteiger partial charge in [-0.2, -0.15) is 0 Å². The molecule has 1 aromatic rings. The Morgan fingerprint density at radius 1 is 0.574 bits per heavy atom. The van der Waals surface area contributed by atoms with Crippen LogP contribution in [0.15, 0.2) is 30.4 Å². The average Bonchev–Trinajstić information content (AvgIpc) is 1.70. The number of methoxy groups -OCH3 is 1. The van der Waals surface area contributed by atoms with Gasteiger partial charge in [0.05, 0.1) is 124 Å². The number of imide groups is 2. The minimum atomic E-state index is -1.33. The summed E-state index contributed by atoms with van der Waals surface area (Å²) in [7, 11) is 1.38. The smallest absolute Gasteiger partial charge is 0.313 e. The number of nitrogens with two attached hydrogens (primary N) is 2. The molecule has 11 amide bonds. The number of aliphatic hydroxyl groups excluding tert-OH is 2. The maximum absolute atomic E-state index is 13.7. The van der Waals surface area contributed by atoms with Crippen molar-refractivity contribution >= 4 is 101 Å². The summed E-state index contributed by atoms with van der Waals surface area (Å²) in [4.78, 5) is 194. The predicted molar refractivity (Wildman–Crippen MR) is 419 cm³/mol. The lowest BCUT2D eigenvalue weighted by Crippen LogP contribution is -2.54. The zero-order valence-corrected chi connectivity index (χ0v) is 67.8. The van der Waals surface area contributed by atoms with Gasteiger partial charge in [-0.25, -0.2) is 0 Å². The standard InChI is InChI=1S/C78H124N10O26S/c1-4-68(95)84-61(18-10-6-8-15-58(92)23-20-56(22-25-70(97)83-60(17-11-12-30-79)63(94)19-13-33-89)52-113-47-46-112-45-44-111-43-42-110-41-40-109-39-38-108-37-36-107-35-34-90)77(104)85-62(75(80)102)53-115-66-50-73(100)88(78(66)105)31-28-69(96)81-51-67(82-54-91)86-76(103)55(2)14-7-5-9-16-59(93)48-57-21-24-64(65(49-57)106-3)114-74(101)29-32-87-71(98)26-27-72(87)99/h21,24,26-27,49,54-56,60-62,66-67,89-90H,4-20,22-23,25,28-48,50-53,79H2,1-3H3,(H2,80,102)(H,81,96)(H,82,91)(H,83,97)(H,84,95)(H,85,104)(H,86,103). The molecule has 0 radical (unpaired) electrons. The Hall–Kier alpha value is -8.24. The van der Waals surface area contributed by atoms with Crippen LogP contribution in [0.25, 0.3) is 0 Å². The van der Waals surface area contributed by atoms with E-state index in [0.717, 1.165) is 33.7 Å². The molecule has 1 saturated heterocycles. The fourth-order valence-corrected chi connectivity index (χ4v) is 13.0. The number of hydrogen-bond acceptors (Lipinski definition) is 28. The van der Waals surface area contributed by atoms with E-state index in [-0.39, 0.29) is 183 Å². The SMILES string of the molecule is CCC(=O)NC(CCCCCC(=O)CCC(CCC(=O)NC(CCCCN)C(=O)CCCO)COCCOCCOCCOCCOCCOCCOCCO)C(=O)NC(CSC1CC(=O)N(CCC(=O)NCC(NC=O)NC(=O)C(C)CCCCCC(=O)Cc2ccc(OC(=O)CCN3C(=O)C=CC3=O)c(OC)c2)C1=O)C(N)=O. The summed E-state index contributed by atoms with van der Waals surface area (Å²) in [6, 6.07) is 1.55. The van der Waals surface area contributed by atoms with Crippen LogP contribution in [0.1, 0.15) is 167 Å². The van der Waals surface area contributed by atoms with Gasteiger partial charge < -0.3 is 96.2 Å². The Morgan fingerprint density at radius 2 is 1.15 bits per heavy atom. The summed E-state index contributed by atoms with van der Waals surface area (Å²) >= 11 is 0.906. The summed E-state index contributed by atoms with van der Waals surface area (Å²) in [6.07, 6.45) is 8.19. The van der Waals surface area contributed by atoms with Crippen molar-refractivity contribution in [1.82, 2.24) is 41.7 Å². The number of nitrogens with one attached hydrogen (secondary N) is 6. The van der Waals surface area contributed by atoms with Gasteiger partial charge in [-0.15, -0.1) is 11.8 Å². The summed E-state index contributed by atoms with van der Waals surface area (Å²) in [6.45, 7) is 7.71. The number of aliphatic hydroxyl groups is 2. The Balaban J connectivity index is 1.40. The van der Waals surface area contributed by atoms with Crippen LogP contribution < -0.4 is 52.8 Å². The summed E-state index contributed by atoms with van der Waals surface area (Å²) in [5, 5.41) is 32.8. The number of hydrogen-bond donors (Lipinski definition) is 10. The molecular weight excluding hydrogens is 1520 g/mol. The molecule has 7 unspecified atom stereocenters. The van der Waals surface area contributed by atoms with E-state index in [4.69, 9.17) is 59.2 Å². The number of esters is 1. The third-order valence-electron chi connectivity index (χ3n) is 18.4. The van der Waals surface area contributed by atoms with Crippen LogP contribution in [0.5, 0.6) is 11.5 Å². The van der Waals surface area contributed by atoms with Crippen molar-refractivity contribution in [3.05, 3.63) is 35.9 Å². The minimum absolute atomic E-state index is 0.0319. The highest BCUT2D eigenvalue weighted by molar-refractivity contribution is 8.00. The Labute approximate surface area is 677 Å². The van der Waals surface area contributed by atoms with Crippen molar-refractivity contribution in [2.75, 3.05) is 145 Å². The molecule has 2 heterocycles. The van der Waals surface area contributed by atoms with E-state index in [2.05, 4.69) is 31.9 Å². The van der Waals surface area contributed by atoms with E-state index in [1.54, 1.807) is 26.0 Å². The highest BCUT2D eigenvalue weighted by Crippen LogP contribution is 2.30. The van der Waals surface area contributed by atoms with Gasteiger partial charge in [0.15, 0.2) is 17.3 Å². The van der Waals surface area contributed by atoms with Gasteiger partial charge >= 0.3 is 5.97 Å². The van der Waals surface area contributed by atoms with Gasteiger partial charge in [-0.1, -0.05) is 45.6 Å². The number of ether oxygens (including phenoxy) is 9. The number of Topliss-reactive ketones (excluding diaryl/α,β-unsaturated/α-hetero) is 3. The number of rotatable bonds is 73. The average molecular weight is 1650 g/mol. The van der Waals surface area contributed by atoms with Crippen molar-refractivity contribution < 1.29 is 125 Å². The van der Waals surface area contributed by atoms with E-state index in [9.17, 15) is 77.0 Å². The third kappa shape index (κ3) is 45.2. The van der Waals surface area contributed by atoms with Crippen LogP contribution in [0.2, 0.25) is 0 Å². The first-order chi connectivity index (χ1) is 55.5. The minimum Gasteiger partial charge on any atom is -0.493 e. The van der Waals surface area contributed by atoms with Gasteiger partial charge in [-0.05, 0) is 94.4 Å². The van der Waals surface area contributed by atoms with Gasteiger partial charge in [0.1, 0.15) is 29.8 Å². The number of likely N-dealkylation sites (tertiary alicyclic amines) is 1. The normalized spacial score (nSPS) is 14.9. The van der Waals surface area contributed by atoms with Crippen LogP contribution in [0, 0.1) is 11.8 Å². The molecule has 2 aliphatic heterocycles. The van der Waals surface area contributed by atoms with Gasteiger partial charge in [0.25, 0.3) is 11.8 Å². The number of carbonyl (C=O) groups excluding carboxylic acids is 15. The van der Waals surface area contributed by atoms with E-state index >= 15 is 0 Å². The van der Waals surface area contributed by atoms with E-state index in [1.807, 2.05) is 0 Å². The number of thioether (sulfide) groups is 1. The quantitative estimate of drug-likeness (QED) is 0.0108. The van der Waals surface area contributed by atoms with Gasteiger partial charge in [0, 0.05) is 108 Å². The number of primary amides is 1. The van der Waals surface area contributed by atoms with Crippen LogP contribution in [-0.4, -0.2) is 283 Å². The molecule has 115 heavy (non-hydrogen) atoms. The van der Waals surface area contributed by atoms with Crippen LogP contribution >= 0.6 is 11.8 Å². The monoisotopic (exact) mass is 1650 g/mol. The van der Waals surface area contributed by atoms with Crippen LogP contribution in [0.3, 0.4) is 0 Å². The molecule has 2 aliphatic rings. The summed E-state index contributed by atoms with van der Waals surface area (Å²) in [5.41, 5.74) is 12.0. The first-order valence-electron chi connectivity index (χ1n) is 39.8. The molecule has 1 aromatic carbocycles. The third-order valence-corrected chi connectivity index (χ3v) is 19.7. The molecule has 37 heteroatoms. The second kappa shape index (κ2) is 62.1. The fourth-order valence-electron chi connectivity index (χ4n) is 11.8. The lowest BCUT2D eigenvalue weighted by molar-refractivity contribution is -0.141. The molecule has 0 bridgehead atoms. The zero-order valence-electron chi connectivity index (χ0n) is 67.0. The van der Waals surface area contributed by atoms with Crippen molar-refractivity contribution in [3.63, 3.8) is 0 Å². The number of unbranched alkanes of at least 4 members (excludes halogenated alkanes) is 5. The molecular formula is C78H124N10O26S. The lowest BCUT2D eigenvalue weighted by atomic mass is 9.95. The van der Waals surface area contributed by atoms with E-state index in [1.165, 1.54) is 13.2 Å². The molecule has 36 nitrogen and oxygen atoms in total. The van der Waals surface area contributed by atoms with E-state index in [0.29, 0.717) is 162 Å². The Bertz CT molecular complexity index is 3190. The molecule has 0 aromatic heterocycles. The topological polar surface area (TPSA) is 510 Å². The van der Waals surface area contributed by atoms with Crippen molar-refractivity contribution in [2.45, 2.75) is 197 Å². The number of carbonyl (C=O) groups is 15. The molecule has 7 atom stereocenters. The van der Waals surface area contributed by atoms with Crippen LogP contribution in [0.4, 0.5) is 0 Å². The van der Waals surface area contributed by atoms with E-state index < -0.39 is 94.6 Å². The molecule has 1 fully saturated rings. The highest BCUT2D eigenvalue weighted by Gasteiger charge is 2.40. The van der Waals surface area contributed by atoms with Gasteiger partial charge in [-0.3, -0.25) is 81.7 Å². The molecule has 0 saturated carbocycles. The maximum Gasteiger partial charge on any atom is 0.313 e. The number of ketones is 3. The summed E-state index contributed by atoms with van der Waals surface area (Å²) in [5.74, 6) is -7.28. The van der Waals surface area contributed by atoms with Gasteiger partial charge in [0.2, 0.25) is 53.7 Å². The first-order valence-corrected chi connectivity index (χ1v) is 40.9. The zero-order chi connectivity index (χ0) is 84.4. The fraction of sp³-hybridized carbons (Fsp3) is 0.705. The molecule has 648 valence electrons. The Morgan fingerprint density at radius 3 is 1.74 bits per heavy atom. The molecule has 0 spiro atoms. The van der Waals surface area contributed by atoms with Crippen molar-refractivity contribution in [3.8, 4) is 11.5 Å². The van der Waals surface area contributed by atoms with Crippen molar-refractivity contribution in [2.24, 2.45) is 23.3 Å². The molecule has 12 N–H and O–H groups in total. The number of nitrogens with zero attached hydrogens (tertiary/aromatic N) is 2. The summed E-state index contributed by atoms with van der Waals surface area (Å²) < 4.78 is 49.4. The second-order valence-corrected chi connectivity index (χ2v) is 28.8. The molecule has 0 aliphatic carbocycles. The predicted octanol–water partition coefficient (Wildman–Crippen LogP) is 0.794. The maximum atomic E-state index is 13.7. The number of amides is 11. The first kappa shape index (κ1) is 101. The highest BCUT2D eigenvalue weighted by atomic mass is 32.2. The number of benzene rings is 1. The second-order valence-electron chi connectivity index (χ2n) is 27.6.